The lowest BCUT2D eigenvalue weighted by Crippen LogP contribution is -2.34. The molecule has 3 aromatic rings. The van der Waals surface area contributed by atoms with Crippen molar-refractivity contribution in [3.05, 3.63) is 82.6 Å². The van der Waals surface area contributed by atoms with E-state index in [9.17, 15) is 9.59 Å². The zero-order chi connectivity index (χ0) is 21.6. The Morgan fingerprint density at radius 3 is 2.44 bits per heavy atom. The van der Waals surface area contributed by atoms with Gasteiger partial charge in [0, 0.05) is 35.6 Å². The van der Waals surface area contributed by atoms with Gasteiger partial charge in [-0.05, 0) is 24.3 Å². The molecule has 0 unspecified atom stereocenters. The zero-order valence-electron chi connectivity index (χ0n) is 17.0. The number of nitrogens with zero attached hydrogens (tertiary/aromatic N) is 3. The van der Waals surface area contributed by atoms with E-state index in [0.717, 1.165) is 27.6 Å². The SMILES string of the molecule is Cl.O=C(/C=C/c1cccc(/C=C/C(=O)N2CCc3nc(-c4ccccc4)sc3C2)n1)NO. The number of hydrogen-bond donors (Lipinski definition) is 2. The maximum Gasteiger partial charge on any atom is 0.267 e. The van der Waals surface area contributed by atoms with E-state index in [2.05, 4.69) is 4.98 Å². The molecule has 0 spiro atoms. The van der Waals surface area contributed by atoms with Gasteiger partial charge in [0.25, 0.3) is 5.91 Å². The van der Waals surface area contributed by atoms with Gasteiger partial charge in [-0.15, -0.1) is 23.7 Å². The summed E-state index contributed by atoms with van der Waals surface area (Å²) >= 11 is 1.64. The average molecular weight is 469 g/mol. The summed E-state index contributed by atoms with van der Waals surface area (Å²) in [4.78, 5) is 35.8. The number of carbonyl (C=O) groups is 2. The Balaban J connectivity index is 0.00000289. The van der Waals surface area contributed by atoms with E-state index < -0.39 is 5.91 Å². The van der Waals surface area contributed by atoms with Gasteiger partial charge < -0.3 is 4.90 Å². The number of pyridine rings is 1. The molecule has 1 aliphatic heterocycles. The normalized spacial score (nSPS) is 13.1. The first-order chi connectivity index (χ1) is 15.1. The summed E-state index contributed by atoms with van der Waals surface area (Å²) < 4.78 is 0. The molecular formula is C23H21ClN4O3S. The molecule has 3 heterocycles. The number of halogens is 1. The van der Waals surface area contributed by atoms with Gasteiger partial charge in [0.1, 0.15) is 5.01 Å². The van der Waals surface area contributed by atoms with Crippen LogP contribution in [0, 0.1) is 0 Å². The van der Waals surface area contributed by atoms with Gasteiger partial charge in [-0.1, -0.05) is 36.4 Å². The first kappa shape index (κ1) is 23.3. The minimum Gasteiger partial charge on any atom is -0.334 e. The van der Waals surface area contributed by atoms with Crippen molar-refractivity contribution >= 4 is 47.7 Å². The fourth-order valence-electron chi connectivity index (χ4n) is 3.20. The number of fused-ring (bicyclic) bond motifs is 1. The molecule has 1 aliphatic rings. The van der Waals surface area contributed by atoms with Crippen molar-refractivity contribution < 1.29 is 14.8 Å². The Morgan fingerprint density at radius 2 is 1.72 bits per heavy atom. The summed E-state index contributed by atoms with van der Waals surface area (Å²) in [6.45, 7) is 1.18. The number of nitrogens with one attached hydrogen (secondary N) is 1. The van der Waals surface area contributed by atoms with Crippen molar-refractivity contribution in [3.8, 4) is 10.6 Å². The third kappa shape index (κ3) is 5.67. The standard InChI is InChI=1S/C23H20N4O3S.ClH/c28-21(26-30)11-9-17-7-4-8-18(24-17)10-12-22(29)27-14-13-19-20(15-27)31-23(25-19)16-5-2-1-3-6-16;/h1-12,30H,13-15H2,(H,26,28);1H/b11-9+,12-10+;. The predicted octanol–water partition coefficient (Wildman–Crippen LogP) is 3.74. The Morgan fingerprint density at radius 1 is 1.00 bits per heavy atom. The molecule has 4 rings (SSSR count). The molecular weight excluding hydrogens is 448 g/mol. The quantitative estimate of drug-likeness (QED) is 0.338. The Kier molecular flexibility index (Phi) is 7.88. The maximum absolute atomic E-state index is 12.7. The lowest BCUT2D eigenvalue weighted by Gasteiger charge is -2.24. The van der Waals surface area contributed by atoms with Crippen LogP contribution in [0.4, 0.5) is 0 Å². The van der Waals surface area contributed by atoms with Crippen molar-refractivity contribution in [2.45, 2.75) is 13.0 Å². The maximum atomic E-state index is 12.7. The molecule has 32 heavy (non-hydrogen) atoms. The molecule has 2 amide bonds. The largest absolute Gasteiger partial charge is 0.334 e. The first-order valence-electron chi connectivity index (χ1n) is 9.72. The van der Waals surface area contributed by atoms with Gasteiger partial charge >= 0.3 is 0 Å². The van der Waals surface area contributed by atoms with Crippen LogP contribution in [0.1, 0.15) is 22.0 Å². The van der Waals surface area contributed by atoms with Crippen molar-refractivity contribution in [2.75, 3.05) is 6.54 Å². The number of benzene rings is 1. The molecule has 0 saturated heterocycles. The van der Waals surface area contributed by atoms with E-state index in [1.54, 1.807) is 40.5 Å². The Hall–Kier alpha value is -3.33. The molecule has 1 aromatic carbocycles. The number of hydroxylamine groups is 1. The number of carbonyl (C=O) groups excluding carboxylic acids is 2. The molecule has 0 fully saturated rings. The van der Waals surface area contributed by atoms with Crippen LogP contribution in [0.2, 0.25) is 0 Å². The average Bonchev–Trinajstić information content (AvgIpc) is 3.25. The number of rotatable bonds is 5. The fourth-order valence-corrected chi connectivity index (χ4v) is 4.33. The predicted molar refractivity (Wildman–Crippen MR) is 126 cm³/mol. The van der Waals surface area contributed by atoms with Crippen molar-refractivity contribution in [3.63, 3.8) is 0 Å². The van der Waals surface area contributed by atoms with Gasteiger partial charge in [0.15, 0.2) is 0 Å². The van der Waals surface area contributed by atoms with Crippen LogP contribution in [0.5, 0.6) is 0 Å². The van der Waals surface area contributed by atoms with Gasteiger partial charge in [0.05, 0.1) is 23.6 Å². The fraction of sp³-hybridized carbons (Fsp3) is 0.130. The second-order valence-corrected chi connectivity index (χ2v) is 7.98. The zero-order valence-corrected chi connectivity index (χ0v) is 18.6. The number of hydrogen-bond acceptors (Lipinski definition) is 6. The van der Waals surface area contributed by atoms with Crippen molar-refractivity contribution in [1.29, 1.82) is 0 Å². The van der Waals surface area contributed by atoms with Crippen LogP contribution >= 0.6 is 23.7 Å². The smallest absolute Gasteiger partial charge is 0.267 e. The molecule has 0 aliphatic carbocycles. The highest BCUT2D eigenvalue weighted by Gasteiger charge is 2.23. The molecule has 9 heteroatoms. The lowest BCUT2D eigenvalue weighted by molar-refractivity contribution is -0.126. The van der Waals surface area contributed by atoms with Gasteiger partial charge in [-0.2, -0.15) is 0 Å². The van der Waals surface area contributed by atoms with Gasteiger partial charge in [-0.25, -0.2) is 15.4 Å². The van der Waals surface area contributed by atoms with E-state index in [4.69, 9.17) is 10.2 Å². The molecule has 0 atom stereocenters. The van der Waals surface area contributed by atoms with E-state index in [1.165, 1.54) is 23.7 Å². The summed E-state index contributed by atoms with van der Waals surface area (Å²) in [6.07, 6.45) is 6.56. The van der Waals surface area contributed by atoms with Gasteiger partial charge in [0.2, 0.25) is 5.91 Å². The minimum atomic E-state index is -0.638. The summed E-state index contributed by atoms with van der Waals surface area (Å²) in [6, 6.07) is 15.3. The lowest BCUT2D eigenvalue weighted by atomic mass is 10.1. The number of aromatic nitrogens is 2. The van der Waals surface area contributed by atoms with E-state index >= 15 is 0 Å². The highest BCUT2D eigenvalue weighted by Crippen LogP contribution is 2.31. The molecule has 7 nitrogen and oxygen atoms in total. The second kappa shape index (κ2) is 10.8. The van der Waals surface area contributed by atoms with Crippen LogP contribution < -0.4 is 5.48 Å². The minimum absolute atomic E-state index is 0. The molecule has 2 aromatic heterocycles. The molecule has 0 radical (unpaired) electrons. The van der Waals surface area contributed by atoms with Crippen LogP contribution in [-0.4, -0.2) is 38.4 Å². The molecule has 0 saturated carbocycles. The molecule has 0 bridgehead atoms. The highest BCUT2D eigenvalue weighted by molar-refractivity contribution is 7.15. The van der Waals surface area contributed by atoms with Crippen LogP contribution in [0.3, 0.4) is 0 Å². The van der Waals surface area contributed by atoms with E-state index in [0.29, 0.717) is 24.5 Å². The van der Waals surface area contributed by atoms with Gasteiger partial charge in [-0.3, -0.25) is 14.8 Å². The third-order valence-corrected chi connectivity index (χ3v) is 5.90. The summed E-state index contributed by atoms with van der Waals surface area (Å²) in [7, 11) is 0. The Bertz CT molecular complexity index is 1160. The van der Waals surface area contributed by atoms with E-state index in [1.807, 2.05) is 30.3 Å². The van der Waals surface area contributed by atoms with Crippen LogP contribution in [0.15, 0.2) is 60.7 Å². The topological polar surface area (TPSA) is 95.4 Å². The third-order valence-electron chi connectivity index (χ3n) is 4.77. The monoisotopic (exact) mass is 468 g/mol. The number of amides is 2. The van der Waals surface area contributed by atoms with Crippen molar-refractivity contribution in [1.82, 2.24) is 20.3 Å². The number of thiazole rings is 1. The molecule has 2 N–H and O–H groups in total. The van der Waals surface area contributed by atoms with E-state index in [-0.39, 0.29) is 18.3 Å². The van der Waals surface area contributed by atoms with Crippen LogP contribution in [-0.2, 0) is 22.6 Å². The summed E-state index contributed by atoms with van der Waals surface area (Å²) in [5.41, 5.74) is 4.83. The van der Waals surface area contributed by atoms with Crippen molar-refractivity contribution in [2.24, 2.45) is 0 Å². The Labute approximate surface area is 195 Å². The summed E-state index contributed by atoms with van der Waals surface area (Å²) in [5.74, 6) is -0.719. The summed E-state index contributed by atoms with van der Waals surface area (Å²) in [5, 5.41) is 9.51. The highest BCUT2D eigenvalue weighted by atomic mass is 35.5. The first-order valence-corrected chi connectivity index (χ1v) is 10.5. The second-order valence-electron chi connectivity index (χ2n) is 6.89. The van der Waals surface area contributed by atoms with Crippen LogP contribution in [0.25, 0.3) is 22.7 Å². The molecule has 164 valence electrons.